The fraction of sp³-hybridized carbons (Fsp3) is 0.333. The van der Waals surface area contributed by atoms with Crippen molar-refractivity contribution in [2.45, 2.75) is 19.4 Å². The summed E-state index contributed by atoms with van der Waals surface area (Å²) >= 11 is 7.80. The Morgan fingerprint density at radius 1 is 1.17 bits per heavy atom. The van der Waals surface area contributed by atoms with Gasteiger partial charge < -0.3 is 19.3 Å². The number of methoxy groups -OCH3 is 1. The molecule has 0 spiro atoms. The van der Waals surface area contributed by atoms with Crippen LogP contribution >= 0.6 is 22.9 Å². The summed E-state index contributed by atoms with van der Waals surface area (Å²) in [5.74, 6) is 0.396. The van der Waals surface area contributed by atoms with Crippen LogP contribution in [-0.2, 0) is 16.0 Å². The van der Waals surface area contributed by atoms with Gasteiger partial charge in [0, 0.05) is 35.7 Å². The normalized spacial score (nSPS) is 14.9. The second-order valence-electron chi connectivity index (χ2n) is 8.51. The van der Waals surface area contributed by atoms with E-state index in [9.17, 15) is 9.59 Å². The minimum atomic E-state index is -0.251. The standard InChI is InChI=1S/C27H29ClN2O4S/c1-19-6-8-22(9-7-19)34-18-24-23-11-15-35-25(23)10-12-30(24)26(31)17-29(13-14-33-2)27(32)20-4-3-5-21(28)16-20/h3-9,11,15-16,24H,10,12-14,17-18H2,1-2H3/t24-/m1/s1. The van der Waals surface area contributed by atoms with Crippen molar-refractivity contribution in [3.63, 3.8) is 0 Å². The van der Waals surface area contributed by atoms with Gasteiger partial charge >= 0.3 is 0 Å². The molecule has 0 unspecified atom stereocenters. The van der Waals surface area contributed by atoms with Crippen LogP contribution in [0.15, 0.2) is 60.0 Å². The molecule has 1 aromatic heterocycles. The number of halogens is 1. The van der Waals surface area contributed by atoms with E-state index in [4.69, 9.17) is 21.1 Å². The van der Waals surface area contributed by atoms with Gasteiger partial charge in [0.25, 0.3) is 5.91 Å². The Hall–Kier alpha value is -2.87. The lowest BCUT2D eigenvalue weighted by Gasteiger charge is -2.37. The molecule has 3 aromatic rings. The number of thiophene rings is 1. The van der Waals surface area contributed by atoms with E-state index in [0.29, 0.717) is 36.9 Å². The van der Waals surface area contributed by atoms with Gasteiger partial charge in [-0.2, -0.15) is 0 Å². The molecular weight excluding hydrogens is 484 g/mol. The number of amides is 2. The van der Waals surface area contributed by atoms with Crippen LogP contribution in [0.2, 0.25) is 5.02 Å². The van der Waals surface area contributed by atoms with Crippen LogP contribution in [0, 0.1) is 6.92 Å². The summed E-state index contributed by atoms with van der Waals surface area (Å²) in [6, 6.07) is 16.5. The van der Waals surface area contributed by atoms with Gasteiger partial charge in [-0.05, 0) is 60.7 Å². The number of rotatable bonds is 9. The van der Waals surface area contributed by atoms with Crippen molar-refractivity contribution in [2.75, 3.05) is 40.0 Å². The zero-order valence-electron chi connectivity index (χ0n) is 19.9. The molecular formula is C27H29ClN2O4S. The summed E-state index contributed by atoms with van der Waals surface area (Å²) in [6.45, 7) is 3.54. The van der Waals surface area contributed by atoms with Gasteiger partial charge in [0.05, 0.1) is 12.6 Å². The maximum Gasteiger partial charge on any atom is 0.254 e. The van der Waals surface area contributed by atoms with Crippen molar-refractivity contribution in [3.05, 3.63) is 86.6 Å². The van der Waals surface area contributed by atoms with Crippen LogP contribution < -0.4 is 4.74 Å². The average Bonchev–Trinajstić information content (AvgIpc) is 3.34. The van der Waals surface area contributed by atoms with Crippen LogP contribution in [0.3, 0.4) is 0 Å². The van der Waals surface area contributed by atoms with Crippen LogP contribution in [-0.4, -0.2) is 61.6 Å². The number of ether oxygens (including phenoxy) is 2. The smallest absolute Gasteiger partial charge is 0.254 e. The molecule has 0 fully saturated rings. The fourth-order valence-electron chi connectivity index (χ4n) is 4.20. The van der Waals surface area contributed by atoms with Gasteiger partial charge in [0.1, 0.15) is 18.9 Å². The number of carbonyl (C=O) groups excluding carboxylic acids is 2. The molecule has 184 valence electrons. The van der Waals surface area contributed by atoms with Crippen molar-refractivity contribution in [1.82, 2.24) is 9.80 Å². The van der Waals surface area contributed by atoms with E-state index in [1.165, 1.54) is 9.78 Å². The first-order valence-corrected chi connectivity index (χ1v) is 12.8. The Labute approximate surface area is 215 Å². The van der Waals surface area contributed by atoms with Crippen LogP contribution in [0.1, 0.15) is 32.4 Å². The quantitative estimate of drug-likeness (QED) is 0.404. The first kappa shape index (κ1) is 25.2. The van der Waals surface area contributed by atoms with Crippen molar-refractivity contribution in [1.29, 1.82) is 0 Å². The second-order valence-corrected chi connectivity index (χ2v) is 9.94. The molecule has 0 saturated carbocycles. The summed E-state index contributed by atoms with van der Waals surface area (Å²) in [5.41, 5.74) is 2.72. The van der Waals surface area contributed by atoms with Gasteiger partial charge in [-0.25, -0.2) is 0 Å². The maximum absolute atomic E-state index is 13.6. The molecule has 6 nitrogen and oxygen atoms in total. The van der Waals surface area contributed by atoms with Crippen molar-refractivity contribution < 1.29 is 19.1 Å². The molecule has 2 heterocycles. The molecule has 2 amide bonds. The van der Waals surface area contributed by atoms with Crippen LogP contribution in [0.4, 0.5) is 0 Å². The lowest BCUT2D eigenvalue weighted by Crippen LogP contribution is -2.48. The van der Waals surface area contributed by atoms with Crippen molar-refractivity contribution in [2.24, 2.45) is 0 Å². The molecule has 8 heteroatoms. The van der Waals surface area contributed by atoms with Crippen molar-refractivity contribution >= 4 is 34.8 Å². The van der Waals surface area contributed by atoms with E-state index < -0.39 is 0 Å². The maximum atomic E-state index is 13.6. The molecule has 0 aliphatic carbocycles. The summed E-state index contributed by atoms with van der Waals surface area (Å²) in [7, 11) is 1.57. The topological polar surface area (TPSA) is 59.1 Å². The number of benzene rings is 2. The predicted octanol–water partition coefficient (Wildman–Crippen LogP) is 5.00. The summed E-state index contributed by atoms with van der Waals surface area (Å²) in [4.78, 5) is 31.4. The van der Waals surface area contributed by atoms with E-state index in [0.717, 1.165) is 23.3 Å². The van der Waals surface area contributed by atoms with Gasteiger partial charge in [0.2, 0.25) is 5.91 Å². The predicted molar refractivity (Wildman–Crippen MR) is 138 cm³/mol. The minimum absolute atomic E-state index is 0.0464. The molecule has 1 atom stereocenters. The lowest BCUT2D eigenvalue weighted by atomic mass is 10.0. The van der Waals surface area contributed by atoms with Gasteiger partial charge in [0.15, 0.2) is 0 Å². The third-order valence-corrected chi connectivity index (χ3v) is 7.33. The molecule has 0 bridgehead atoms. The SMILES string of the molecule is COCCN(CC(=O)N1CCc2sccc2[C@H]1COc1ccc(C)cc1)C(=O)c1cccc(Cl)c1. The molecule has 0 saturated heterocycles. The number of hydrogen-bond acceptors (Lipinski definition) is 5. The van der Waals surface area contributed by atoms with Crippen LogP contribution in [0.25, 0.3) is 0 Å². The van der Waals surface area contributed by atoms with Crippen molar-refractivity contribution in [3.8, 4) is 5.75 Å². The molecule has 1 aliphatic rings. The number of fused-ring (bicyclic) bond motifs is 1. The number of carbonyl (C=O) groups is 2. The largest absolute Gasteiger partial charge is 0.491 e. The Morgan fingerprint density at radius 3 is 2.71 bits per heavy atom. The summed E-state index contributed by atoms with van der Waals surface area (Å²) in [6.07, 6.45) is 0.792. The lowest BCUT2D eigenvalue weighted by molar-refractivity contribution is -0.135. The molecule has 4 rings (SSSR count). The third kappa shape index (κ3) is 6.23. The highest BCUT2D eigenvalue weighted by Gasteiger charge is 2.33. The molecule has 2 aromatic carbocycles. The summed E-state index contributed by atoms with van der Waals surface area (Å²) in [5, 5.41) is 2.54. The molecule has 1 aliphatic heterocycles. The number of nitrogens with zero attached hydrogens (tertiary/aromatic N) is 2. The van der Waals surface area contributed by atoms with E-state index >= 15 is 0 Å². The first-order valence-electron chi connectivity index (χ1n) is 11.5. The summed E-state index contributed by atoms with van der Waals surface area (Å²) < 4.78 is 11.3. The van der Waals surface area contributed by atoms with Crippen LogP contribution in [0.5, 0.6) is 5.75 Å². The monoisotopic (exact) mass is 512 g/mol. The zero-order chi connectivity index (χ0) is 24.8. The fourth-order valence-corrected chi connectivity index (χ4v) is 5.31. The van der Waals surface area contributed by atoms with E-state index in [-0.39, 0.29) is 24.4 Å². The van der Waals surface area contributed by atoms with Gasteiger partial charge in [-0.3, -0.25) is 9.59 Å². The zero-order valence-corrected chi connectivity index (χ0v) is 21.5. The first-order chi connectivity index (χ1) is 17.0. The molecule has 0 N–H and O–H groups in total. The van der Waals surface area contributed by atoms with E-state index in [2.05, 4.69) is 11.4 Å². The van der Waals surface area contributed by atoms with Gasteiger partial charge in [-0.15, -0.1) is 11.3 Å². The third-order valence-electron chi connectivity index (χ3n) is 6.09. The number of hydrogen-bond donors (Lipinski definition) is 0. The van der Waals surface area contributed by atoms with E-state index in [1.54, 1.807) is 42.7 Å². The molecule has 35 heavy (non-hydrogen) atoms. The minimum Gasteiger partial charge on any atom is -0.491 e. The molecule has 0 radical (unpaired) electrons. The second kappa shape index (κ2) is 11.7. The van der Waals surface area contributed by atoms with E-state index in [1.807, 2.05) is 36.1 Å². The highest BCUT2D eigenvalue weighted by molar-refractivity contribution is 7.10. The number of aryl methyl sites for hydroxylation is 1. The Kier molecular flexibility index (Phi) is 8.44. The average molecular weight is 513 g/mol. The highest BCUT2D eigenvalue weighted by atomic mass is 35.5. The Balaban J connectivity index is 1.52. The Morgan fingerprint density at radius 2 is 1.97 bits per heavy atom. The highest BCUT2D eigenvalue weighted by Crippen LogP contribution is 2.34. The Bertz CT molecular complexity index is 1160. The van der Waals surface area contributed by atoms with Gasteiger partial charge in [-0.1, -0.05) is 35.4 Å².